The molecule has 182 valence electrons. The Bertz CT molecular complexity index is 915. The van der Waals surface area contributed by atoms with E-state index in [4.69, 9.17) is 4.74 Å². The summed E-state index contributed by atoms with van der Waals surface area (Å²) in [6, 6.07) is 2.96. The standard InChI is InChI=1S/C24H33NO8/c1-23(2,22(29)32-8-6-5-7-9-33-25(30)31)14-10-19(27)21(20(28)11-14)15-12-18(26)17-13-16(15)24(17,3)4/h10-11,15-17,27-28H,5-9,12-13H2,1-4H3/t15-,16+,17-/m1/s1. The van der Waals surface area contributed by atoms with Crippen molar-refractivity contribution >= 4 is 11.8 Å². The molecule has 0 aliphatic heterocycles. The third kappa shape index (κ3) is 4.77. The number of rotatable bonds is 10. The van der Waals surface area contributed by atoms with Crippen LogP contribution in [0, 0.1) is 27.4 Å². The Hall–Kier alpha value is -2.84. The number of nitrogens with zero attached hydrogens (tertiary/aromatic N) is 1. The van der Waals surface area contributed by atoms with Crippen LogP contribution in [-0.4, -0.2) is 40.3 Å². The lowest BCUT2D eigenvalue weighted by atomic mass is 9.44. The molecule has 33 heavy (non-hydrogen) atoms. The molecule has 0 saturated heterocycles. The molecule has 0 amide bonds. The summed E-state index contributed by atoms with van der Waals surface area (Å²) in [4.78, 5) is 39.6. The molecular weight excluding hydrogens is 430 g/mol. The monoisotopic (exact) mass is 463 g/mol. The number of carbonyl (C=O) groups excluding carboxylic acids is 2. The minimum absolute atomic E-state index is 0.00261. The van der Waals surface area contributed by atoms with Gasteiger partial charge in [0.2, 0.25) is 0 Å². The topological polar surface area (TPSA) is 136 Å². The van der Waals surface area contributed by atoms with Crippen LogP contribution in [0.1, 0.15) is 76.8 Å². The van der Waals surface area contributed by atoms with E-state index in [1.165, 1.54) is 12.1 Å². The summed E-state index contributed by atoms with van der Waals surface area (Å²) in [7, 11) is 0. The van der Waals surface area contributed by atoms with E-state index in [0.717, 1.165) is 6.42 Å². The van der Waals surface area contributed by atoms with Crippen molar-refractivity contribution in [2.75, 3.05) is 13.2 Å². The van der Waals surface area contributed by atoms with Crippen LogP contribution in [0.25, 0.3) is 0 Å². The second-order valence-corrected chi connectivity index (χ2v) is 10.3. The van der Waals surface area contributed by atoms with Gasteiger partial charge in [0.15, 0.2) is 0 Å². The van der Waals surface area contributed by atoms with Crippen LogP contribution in [0.2, 0.25) is 0 Å². The number of Topliss-reactive ketones (excluding diaryl/α,β-unsaturated/α-hetero) is 1. The van der Waals surface area contributed by atoms with Gasteiger partial charge < -0.3 is 19.8 Å². The number of ketones is 1. The molecule has 1 aromatic rings. The number of esters is 1. The number of fused-ring (bicyclic) bond motifs is 2. The molecule has 3 aliphatic rings. The Morgan fingerprint density at radius 3 is 2.33 bits per heavy atom. The maximum absolute atomic E-state index is 12.7. The highest BCUT2D eigenvalue weighted by Gasteiger charge is 2.59. The van der Waals surface area contributed by atoms with Gasteiger partial charge in [0.1, 0.15) is 17.3 Å². The Morgan fingerprint density at radius 1 is 1.18 bits per heavy atom. The van der Waals surface area contributed by atoms with E-state index in [1.54, 1.807) is 13.8 Å². The lowest BCUT2D eigenvalue weighted by Crippen LogP contribution is -2.56. The number of hydrogen-bond acceptors (Lipinski definition) is 8. The predicted octanol–water partition coefficient (Wildman–Crippen LogP) is 4.02. The first-order valence-electron chi connectivity index (χ1n) is 11.4. The molecule has 3 atom stereocenters. The molecule has 0 aromatic heterocycles. The third-order valence-corrected chi connectivity index (χ3v) is 7.60. The quantitative estimate of drug-likeness (QED) is 0.230. The number of hydrogen-bond donors (Lipinski definition) is 2. The highest BCUT2D eigenvalue weighted by molar-refractivity contribution is 5.86. The zero-order valence-electron chi connectivity index (χ0n) is 19.6. The summed E-state index contributed by atoms with van der Waals surface area (Å²) < 4.78 is 5.36. The number of benzene rings is 1. The summed E-state index contributed by atoms with van der Waals surface area (Å²) in [5.74, 6) is -0.559. The zero-order chi connectivity index (χ0) is 24.6. The Balaban J connectivity index is 1.65. The molecule has 0 unspecified atom stereocenters. The van der Waals surface area contributed by atoms with Gasteiger partial charge in [0, 0.05) is 23.8 Å². The third-order valence-electron chi connectivity index (χ3n) is 7.60. The molecule has 1 aromatic carbocycles. The van der Waals surface area contributed by atoms with E-state index in [1.807, 2.05) is 0 Å². The van der Waals surface area contributed by atoms with Crippen molar-refractivity contribution in [3.05, 3.63) is 33.4 Å². The molecule has 0 spiro atoms. The van der Waals surface area contributed by atoms with Gasteiger partial charge >= 0.3 is 5.97 Å². The van der Waals surface area contributed by atoms with Crippen LogP contribution in [0.3, 0.4) is 0 Å². The maximum atomic E-state index is 12.7. The molecule has 4 rings (SSSR count). The van der Waals surface area contributed by atoms with Gasteiger partial charge in [-0.15, -0.1) is 10.1 Å². The summed E-state index contributed by atoms with van der Waals surface area (Å²) in [5, 5.41) is 30.9. The molecule has 0 heterocycles. The molecule has 3 fully saturated rings. The largest absolute Gasteiger partial charge is 0.508 e. The molecule has 9 heteroatoms. The van der Waals surface area contributed by atoms with E-state index in [2.05, 4.69) is 18.7 Å². The van der Waals surface area contributed by atoms with Crippen LogP contribution in [0.4, 0.5) is 0 Å². The van der Waals surface area contributed by atoms with Crippen LogP contribution < -0.4 is 0 Å². The number of aromatic hydroxyl groups is 2. The number of ether oxygens (including phenoxy) is 1. The van der Waals surface area contributed by atoms with Crippen LogP contribution in [-0.2, 0) is 24.6 Å². The van der Waals surface area contributed by atoms with Crippen molar-refractivity contribution in [1.82, 2.24) is 0 Å². The van der Waals surface area contributed by atoms with E-state index in [9.17, 15) is 29.9 Å². The number of unbranched alkanes of at least 4 members (excludes halogenated alkanes) is 2. The van der Waals surface area contributed by atoms with Gasteiger partial charge in [-0.3, -0.25) is 9.59 Å². The molecule has 2 N–H and O–H groups in total. The van der Waals surface area contributed by atoms with Crippen molar-refractivity contribution in [3.8, 4) is 11.5 Å². The van der Waals surface area contributed by atoms with Gasteiger partial charge in [0.25, 0.3) is 5.09 Å². The number of phenolic OH excluding ortho intramolecular Hbond substituents is 2. The lowest BCUT2D eigenvalue weighted by molar-refractivity contribution is -0.757. The fourth-order valence-electron chi connectivity index (χ4n) is 5.34. The second kappa shape index (κ2) is 9.19. The smallest absolute Gasteiger partial charge is 0.315 e. The highest BCUT2D eigenvalue weighted by atomic mass is 16.9. The van der Waals surface area contributed by atoms with Gasteiger partial charge in [-0.25, -0.2) is 0 Å². The van der Waals surface area contributed by atoms with Gasteiger partial charge in [0.05, 0.1) is 18.6 Å². The molecule has 2 bridgehead atoms. The van der Waals surface area contributed by atoms with E-state index in [0.29, 0.717) is 36.8 Å². The fourth-order valence-corrected chi connectivity index (χ4v) is 5.34. The first-order chi connectivity index (χ1) is 15.4. The zero-order valence-corrected chi connectivity index (χ0v) is 19.6. The van der Waals surface area contributed by atoms with Gasteiger partial charge in [-0.05, 0) is 68.6 Å². The summed E-state index contributed by atoms with van der Waals surface area (Å²) in [6.07, 6.45) is 2.69. The molecule has 3 saturated carbocycles. The first-order valence-corrected chi connectivity index (χ1v) is 11.4. The predicted molar refractivity (Wildman–Crippen MR) is 118 cm³/mol. The van der Waals surface area contributed by atoms with Crippen LogP contribution in [0.15, 0.2) is 12.1 Å². The second-order valence-electron chi connectivity index (χ2n) is 10.3. The average molecular weight is 464 g/mol. The molecule has 3 aliphatic carbocycles. The lowest BCUT2D eigenvalue weighted by Gasteiger charge is -2.59. The van der Waals surface area contributed by atoms with Crippen LogP contribution in [0.5, 0.6) is 11.5 Å². The Morgan fingerprint density at radius 2 is 1.79 bits per heavy atom. The van der Waals surface area contributed by atoms with E-state index < -0.39 is 16.5 Å². The fraction of sp³-hybridized carbons (Fsp3) is 0.667. The van der Waals surface area contributed by atoms with Crippen molar-refractivity contribution in [3.63, 3.8) is 0 Å². The molecule has 0 radical (unpaired) electrons. The van der Waals surface area contributed by atoms with Crippen molar-refractivity contribution in [2.45, 2.75) is 71.1 Å². The van der Waals surface area contributed by atoms with Crippen molar-refractivity contribution in [1.29, 1.82) is 0 Å². The number of phenols is 2. The minimum Gasteiger partial charge on any atom is -0.508 e. The van der Waals surface area contributed by atoms with Gasteiger partial charge in [-0.1, -0.05) is 13.8 Å². The SMILES string of the molecule is CC(C)(C(=O)OCCCCCO[N+](=O)[O-])c1cc(O)c([C@@H]2CC(=O)[C@H]3C[C@@H]2C3(C)C)c(O)c1. The van der Waals surface area contributed by atoms with Crippen LogP contribution >= 0.6 is 0 Å². The van der Waals surface area contributed by atoms with Gasteiger partial charge in [-0.2, -0.15) is 0 Å². The Kier molecular flexibility index (Phi) is 6.91. The highest BCUT2D eigenvalue weighted by Crippen LogP contribution is 2.64. The van der Waals surface area contributed by atoms with E-state index >= 15 is 0 Å². The van der Waals surface area contributed by atoms with Crippen molar-refractivity contribution in [2.24, 2.45) is 17.3 Å². The Labute approximate surface area is 193 Å². The number of carbonyl (C=O) groups is 2. The average Bonchev–Trinajstić information content (AvgIpc) is 2.71. The summed E-state index contributed by atoms with van der Waals surface area (Å²) >= 11 is 0. The van der Waals surface area contributed by atoms with E-state index in [-0.39, 0.29) is 53.7 Å². The molecule has 9 nitrogen and oxygen atoms in total. The maximum Gasteiger partial charge on any atom is 0.315 e. The first kappa shape index (κ1) is 24.8. The minimum atomic E-state index is -1.12. The normalized spacial score (nSPS) is 23.5. The molecular formula is C24H33NO8. The van der Waals surface area contributed by atoms with Crippen molar-refractivity contribution < 1.29 is 34.5 Å². The summed E-state index contributed by atoms with van der Waals surface area (Å²) in [5.41, 5.74) is -0.482. The summed E-state index contributed by atoms with van der Waals surface area (Å²) in [6.45, 7) is 7.58.